The lowest BCUT2D eigenvalue weighted by molar-refractivity contribution is 0.108. The number of ether oxygens (including phenoxy) is 1. The minimum atomic E-state index is -3.56. The monoisotopic (exact) mass is 406 g/mol. The molecule has 152 valence electrons. The average Bonchev–Trinajstić information content (AvgIpc) is 3.47. The SMILES string of the molecule is COCCn1nnnc1C1(N2CCCC2)CCN(S(=O)(=O)c2ccccc2)C1. The number of sulfonamides is 1. The number of tetrazole rings is 1. The zero-order valence-electron chi connectivity index (χ0n) is 16.1. The van der Waals surface area contributed by atoms with Crippen LogP contribution in [0.1, 0.15) is 25.1 Å². The van der Waals surface area contributed by atoms with E-state index in [0.29, 0.717) is 37.6 Å². The highest BCUT2D eigenvalue weighted by molar-refractivity contribution is 7.89. The Morgan fingerprint density at radius 1 is 1.14 bits per heavy atom. The van der Waals surface area contributed by atoms with Crippen molar-refractivity contribution in [2.24, 2.45) is 0 Å². The summed E-state index contributed by atoms with van der Waals surface area (Å²) in [5.74, 6) is 0.734. The summed E-state index contributed by atoms with van der Waals surface area (Å²) in [5, 5.41) is 12.4. The maximum atomic E-state index is 13.2. The Labute approximate surface area is 165 Å². The molecule has 4 rings (SSSR count). The smallest absolute Gasteiger partial charge is 0.243 e. The lowest BCUT2D eigenvalue weighted by Gasteiger charge is -2.37. The Bertz CT molecular complexity index is 897. The fourth-order valence-corrected chi connectivity index (χ4v) is 5.81. The molecule has 1 atom stereocenters. The molecule has 9 nitrogen and oxygen atoms in total. The molecule has 1 aromatic carbocycles. The van der Waals surface area contributed by atoms with Gasteiger partial charge in [0.25, 0.3) is 0 Å². The first-order valence-electron chi connectivity index (χ1n) is 9.64. The summed E-state index contributed by atoms with van der Waals surface area (Å²) in [5.41, 5.74) is -0.504. The number of likely N-dealkylation sites (tertiary alicyclic amines) is 1. The predicted octanol–water partition coefficient (Wildman–Crippen LogP) is 0.705. The molecular formula is C18H26N6O3S. The number of aromatic nitrogens is 4. The van der Waals surface area contributed by atoms with Crippen molar-refractivity contribution < 1.29 is 13.2 Å². The van der Waals surface area contributed by atoms with Crippen molar-refractivity contribution in [1.82, 2.24) is 29.4 Å². The third-order valence-corrected chi connectivity index (χ3v) is 7.62. The van der Waals surface area contributed by atoms with Crippen LogP contribution in [0.5, 0.6) is 0 Å². The lowest BCUT2D eigenvalue weighted by atomic mass is 9.95. The summed E-state index contributed by atoms with van der Waals surface area (Å²) in [7, 11) is -1.91. The Morgan fingerprint density at radius 3 is 2.61 bits per heavy atom. The highest BCUT2D eigenvalue weighted by Gasteiger charge is 2.51. The van der Waals surface area contributed by atoms with Crippen LogP contribution in [-0.4, -0.2) is 77.7 Å². The number of hydrogen-bond acceptors (Lipinski definition) is 7. The Morgan fingerprint density at radius 2 is 1.89 bits per heavy atom. The second-order valence-corrected chi connectivity index (χ2v) is 9.28. The van der Waals surface area contributed by atoms with Gasteiger partial charge in [-0.25, -0.2) is 13.1 Å². The largest absolute Gasteiger partial charge is 0.383 e. The fourth-order valence-electron chi connectivity index (χ4n) is 4.30. The van der Waals surface area contributed by atoms with Gasteiger partial charge >= 0.3 is 0 Å². The van der Waals surface area contributed by atoms with E-state index in [4.69, 9.17) is 4.74 Å². The van der Waals surface area contributed by atoms with Crippen LogP contribution in [0.25, 0.3) is 0 Å². The van der Waals surface area contributed by atoms with E-state index in [2.05, 4.69) is 20.4 Å². The van der Waals surface area contributed by atoms with Gasteiger partial charge in [0.2, 0.25) is 10.0 Å². The zero-order valence-corrected chi connectivity index (χ0v) is 16.9. The molecule has 1 aromatic heterocycles. The summed E-state index contributed by atoms with van der Waals surface area (Å²) in [6, 6.07) is 8.62. The molecule has 0 radical (unpaired) electrons. The van der Waals surface area contributed by atoms with Crippen molar-refractivity contribution >= 4 is 10.0 Å². The molecule has 3 heterocycles. The molecule has 1 unspecified atom stereocenters. The molecular weight excluding hydrogens is 380 g/mol. The van der Waals surface area contributed by atoms with Gasteiger partial charge < -0.3 is 4.74 Å². The van der Waals surface area contributed by atoms with Gasteiger partial charge in [-0.3, -0.25) is 4.90 Å². The first-order valence-corrected chi connectivity index (χ1v) is 11.1. The summed E-state index contributed by atoms with van der Waals surface area (Å²) in [6.07, 6.45) is 2.88. The molecule has 0 bridgehead atoms. The van der Waals surface area contributed by atoms with E-state index in [9.17, 15) is 8.42 Å². The van der Waals surface area contributed by atoms with Crippen LogP contribution in [0, 0.1) is 0 Å². The van der Waals surface area contributed by atoms with Crippen molar-refractivity contribution in [2.45, 2.75) is 36.2 Å². The summed E-state index contributed by atoms with van der Waals surface area (Å²) >= 11 is 0. The molecule has 2 fully saturated rings. The van der Waals surface area contributed by atoms with Crippen molar-refractivity contribution in [1.29, 1.82) is 0 Å². The second kappa shape index (κ2) is 7.86. The van der Waals surface area contributed by atoms with Crippen LogP contribution in [0.4, 0.5) is 0 Å². The predicted molar refractivity (Wildman–Crippen MR) is 102 cm³/mol. The van der Waals surface area contributed by atoms with Gasteiger partial charge in [0.15, 0.2) is 5.82 Å². The minimum absolute atomic E-state index is 0.325. The normalized spacial score (nSPS) is 24.2. The molecule has 0 saturated carbocycles. The molecule has 0 aliphatic carbocycles. The molecule has 0 amide bonds. The lowest BCUT2D eigenvalue weighted by Crippen LogP contribution is -2.49. The highest BCUT2D eigenvalue weighted by atomic mass is 32.2. The van der Waals surface area contributed by atoms with Crippen molar-refractivity contribution in [3.05, 3.63) is 36.2 Å². The summed E-state index contributed by atoms with van der Waals surface area (Å²) in [4.78, 5) is 2.69. The highest BCUT2D eigenvalue weighted by Crippen LogP contribution is 2.40. The molecule has 2 saturated heterocycles. The maximum absolute atomic E-state index is 13.2. The first-order chi connectivity index (χ1) is 13.6. The van der Waals surface area contributed by atoms with Crippen molar-refractivity contribution in [3.63, 3.8) is 0 Å². The van der Waals surface area contributed by atoms with E-state index >= 15 is 0 Å². The second-order valence-electron chi connectivity index (χ2n) is 7.35. The van der Waals surface area contributed by atoms with Crippen LogP contribution in [-0.2, 0) is 26.8 Å². The van der Waals surface area contributed by atoms with Crippen LogP contribution in [0.2, 0.25) is 0 Å². The van der Waals surface area contributed by atoms with Gasteiger partial charge in [-0.2, -0.15) is 4.31 Å². The van der Waals surface area contributed by atoms with E-state index in [1.54, 1.807) is 40.4 Å². The van der Waals surface area contributed by atoms with Gasteiger partial charge in [-0.15, -0.1) is 5.10 Å². The maximum Gasteiger partial charge on any atom is 0.243 e. The molecule has 2 aliphatic rings. The molecule has 0 N–H and O–H groups in total. The zero-order chi connectivity index (χ0) is 19.6. The van der Waals surface area contributed by atoms with Crippen molar-refractivity contribution in [2.75, 3.05) is 39.9 Å². The molecule has 2 aromatic rings. The molecule has 28 heavy (non-hydrogen) atoms. The van der Waals surface area contributed by atoms with Crippen LogP contribution in [0.3, 0.4) is 0 Å². The van der Waals surface area contributed by atoms with Crippen LogP contribution < -0.4 is 0 Å². The number of methoxy groups -OCH3 is 1. The summed E-state index contributed by atoms with van der Waals surface area (Å²) < 4.78 is 34.9. The van der Waals surface area contributed by atoms with E-state index in [-0.39, 0.29) is 0 Å². The van der Waals surface area contributed by atoms with E-state index in [1.165, 1.54) is 0 Å². The molecule has 10 heteroatoms. The molecule has 2 aliphatic heterocycles. The number of nitrogens with zero attached hydrogens (tertiary/aromatic N) is 6. The third kappa shape index (κ3) is 3.34. The van der Waals surface area contributed by atoms with Gasteiger partial charge in [0.05, 0.1) is 23.6 Å². The Kier molecular flexibility index (Phi) is 5.46. The first kappa shape index (κ1) is 19.4. The molecule has 0 spiro atoms. The van der Waals surface area contributed by atoms with Crippen LogP contribution >= 0.6 is 0 Å². The number of rotatable bonds is 7. The van der Waals surface area contributed by atoms with Gasteiger partial charge in [-0.05, 0) is 54.9 Å². The fraction of sp³-hybridized carbons (Fsp3) is 0.611. The number of benzene rings is 1. The topological polar surface area (TPSA) is 93.4 Å². The standard InChI is InChI=1S/C18H26N6O3S/c1-27-14-13-24-17(19-20-21-24)18(22-10-5-6-11-22)9-12-23(15-18)28(25,26)16-7-3-2-4-8-16/h2-4,7-8H,5-6,9-15H2,1H3. The van der Waals surface area contributed by atoms with Gasteiger partial charge in [0.1, 0.15) is 0 Å². The van der Waals surface area contributed by atoms with Gasteiger partial charge in [0, 0.05) is 20.2 Å². The minimum Gasteiger partial charge on any atom is -0.383 e. The van der Waals surface area contributed by atoms with Crippen LogP contribution in [0.15, 0.2) is 35.2 Å². The quantitative estimate of drug-likeness (QED) is 0.668. The summed E-state index contributed by atoms with van der Waals surface area (Å²) in [6.45, 7) is 3.70. The Balaban J connectivity index is 1.69. The van der Waals surface area contributed by atoms with Gasteiger partial charge in [-0.1, -0.05) is 18.2 Å². The van der Waals surface area contributed by atoms with Crippen molar-refractivity contribution in [3.8, 4) is 0 Å². The van der Waals surface area contributed by atoms with E-state index in [0.717, 1.165) is 31.8 Å². The average molecular weight is 407 g/mol. The van der Waals surface area contributed by atoms with E-state index < -0.39 is 15.6 Å². The number of hydrogen-bond donors (Lipinski definition) is 0. The van der Waals surface area contributed by atoms with E-state index in [1.807, 2.05) is 6.07 Å². The third-order valence-electron chi connectivity index (χ3n) is 5.76. The Hall–Kier alpha value is -1.88.